The first kappa shape index (κ1) is 16.7. The van der Waals surface area contributed by atoms with E-state index in [0.717, 1.165) is 0 Å². The van der Waals surface area contributed by atoms with Crippen molar-refractivity contribution < 1.29 is 14.4 Å². The van der Waals surface area contributed by atoms with Gasteiger partial charge in [-0.3, -0.25) is 4.79 Å². The Labute approximate surface area is 137 Å². The lowest BCUT2D eigenvalue weighted by molar-refractivity contribution is -0.130. The van der Waals surface area contributed by atoms with Crippen molar-refractivity contribution in [2.75, 3.05) is 0 Å². The van der Waals surface area contributed by atoms with E-state index in [-0.39, 0.29) is 0 Å². The number of aliphatic hydroxyl groups excluding tert-OH is 1. The largest absolute Gasteiger partial charge is 0.378 e. The Morgan fingerprint density at radius 2 is 2.00 bits per heavy atom. The van der Waals surface area contributed by atoms with Crippen molar-refractivity contribution in [1.29, 1.82) is 0 Å². The monoisotopic (exact) mass is 343 g/mol. The third kappa shape index (κ3) is 3.97. The molecule has 0 spiro atoms. The van der Waals surface area contributed by atoms with Gasteiger partial charge >= 0.3 is 0 Å². The molecule has 2 rings (SSSR count). The fourth-order valence-corrected chi connectivity index (χ4v) is 2.48. The highest BCUT2D eigenvalue weighted by molar-refractivity contribution is 6.34. The van der Waals surface area contributed by atoms with Crippen molar-refractivity contribution in [1.82, 2.24) is 15.5 Å². The van der Waals surface area contributed by atoms with Crippen LogP contribution in [0.1, 0.15) is 42.8 Å². The molecule has 0 aliphatic rings. The van der Waals surface area contributed by atoms with Crippen LogP contribution in [0.3, 0.4) is 0 Å². The molecule has 2 unspecified atom stereocenters. The molecule has 118 valence electrons. The number of halogens is 2. The minimum Gasteiger partial charge on any atom is -0.378 e. The molecule has 0 bridgehead atoms. The Bertz CT molecular complexity index is 655. The molecule has 0 fully saturated rings. The van der Waals surface area contributed by atoms with Crippen LogP contribution in [0.25, 0.3) is 0 Å². The average Bonchev–Trinajstić information content (AvgIpc) is 2.89. The quantitative estimate of drug-likeness (QED) is 0.871. The second kappa shape index (κ2) is 7.09. The second-order valence-electron chi connectivity index (χ2n) is 4.75. The summed E-state index contributed by atoms with van der Waals surface area (Å²) >= 11 is 11.7. The van der Waals surface area contributed by atoms with Crippen molar-refractivity contribution in [3.63, 3.8) is 0 Å². The normalized spacial score (nSPS) is 13.7. The summed E-state index contributed by atoms with van der Waals surface area (Å²) in [5, 5.41) is 17.3. The first-order valence-electron chi connectivity index (χ1n) is 6.65. The number of nitrogens with zero attached hydrogens (tertiary/aromatic N) is 2. The number of carbonyl (C=O) groups excluding carboxylic acids is 1. The zero-order valence-electron chi connectivity index (χ0n) is 12.0. The molecule has 1 aromatic heterocycles. The van der Waals surface area contributed by atoms with Crippen LogP contribution in [-0.4, -0.2) is 21.2 Å². The minimum absolute atomic E-state index is 0.314. The lowest BCUT2D eigenvalue weighted by atomic mass is 10.1. The Morgan fingerprint density at radius 1 is 1.36 bits per heavy atom. The van der Waals surface area contributed by atoms with Gasteiger partial charge in [-0.15, -0.1) is 0 Å². The molecule has 6 nitrogen and oxygen atoms in total. The van der Waals surface area contributed by atoms with Crippen LogP contribution < -0.4 is 5.32 Å². The predicted molar refractivity (Wildman–Crippen MR) is 81.6 cm³/mol. The molecular formula is C14H15Cl2N3O3. The van der Waals surface area contributed by atoms with E-state index in [4.69, 9.17) is 27.7 Å². The van der Waals surface area contributed by atoms with Crippen LogP contribution in [0.4, 0.5) is 0 Å². The number of amides is 1. The number of carbonyl (C=O) groups is 1. The summed E-state index contributed by atoms with van der Waals surface area (Å²) in [4.78, 5) is 16.3. The number of hydrogen-bond donors (Lipinski definition) is 2. The van der Waals surface area contributed by atoms with Gasteiger partial charge in [-0.25, -0.2) is 0 Å². The van der Waals surface area contributed by atoms with Crippen molar-refractivity contribution in [2.24, 2.45) is 0 Å². The number of aliphatic hydroxyl groups is 1. The van der Waals surface area contributed by atoms with Crippen molar-refractivity contribution in [2.45, 2.75) is 32.4 Å². The molecule has 8 heteroatoms. The number of nitrogens with one attached hydrogen (secondary N) is 1. The van der Waals surface area contributed by atoms with Crippen LogP contribution in [0, 0.1) is 6.92 Å². The highest BCUT2D eigenvalue weighted by Gasteiger charge is 2.24. The van der Waals surface area contributed by atoms with E-state index in [1.807, 2.05) is 6.92 Å². The van der Waals surface area contributed by atoms with Crippen LogP contribution >= 0.6 is 23.2 Å². The van der Waals surface area contributed by atoms with E-state index in [1.54, 1.807) is 6.92 Å². The van der Waals surface area contributed by atoms with Gasteiger partial charge in [0.2, 0.25) is 5.89 Å². The van der Waals surface area contributed by atoms with E-state index < -0.39 is 18.1 Å². The molecule has 0 aliphatic carbocycles. The van der Waals surface area contributed by atoms with E-state index in [2.05, 4.69) is 15.5 Å². The molecule has 2 N–H and O–H groups in total. The van der Waals surface area contributed by atoms with Crippen molar-refractivity contribution in [3.8, 4) is 0 Å². The van der Waals surface area contributed by atoms with Gasteiger partial charge in [0.1, 0.15) is 0 Å². The summed E-state index contributed by atoms with van der Waals surface area (Å²) in [6.45, 7) is 3.52. The van der Waals surface area contributed by atoms with Gasteiger partial charge in [-0.05, 0) is 30.2 Å². The lowest BCUT2D eigenvalue weighted by Crippen LogP contribution is -2.33. The molecular weight excluding hydrogens is 329 g/mol. The highest BCUT2D eigenvalue weighted by Crippen LogP contribution is 2.24. The maximum absolute atomic E-state index is 12.2. The van der Waals surface area contributed by atoms with Crippen LogP contribution in [-0.2, 0) is 4.79 Å². The van der Waals surface area contributed by atoms with Gasteiger partial charge in [0, 0.05) is 17.0 Å². The summed E-state index contributed by atoms with van der Waals surface area (Å²) in [5.74, 6) is 0.183. The zero-order chi connectivity index (χ0) is 16.3. The maximum atomic E-state index is 12.2. The van der Waals surface area contributed by atoms with Gasteiger partial charge in [0.25, 0.3) is 5.91 Å². The summed E-state index contributed by atoms with van der Waals surface area (Å²) in [6.07, 6.45) is -0.841. The number of aromatic nitrogens is 2. The molecule has 2 atom stereocenters. The summed E-state index contributed by atoms with van der Waals surface area (Å²) < 4.78 is 4.90. The van der Waals surface area contributed by atoms with Crippen LogP contribution in [0.2, 0.25) is 10.0 Å². The Balaban J connectivity index is 2.13. The molecule has 1 heterocycles. The maximum Gasteiger partial charge on any atom is 0.254 e. The van der Waals surface area contributed by atoms with E-state index >= 15 is 0 Å². The smallest absolute Gasteiger partial charge is 0.254 e. The SMILES string of the molecule is CCC(NC(=O)C(O)c1cc(Cl)cc(Cl)c1)c1noc(C)n1. The second-order valence-corrected chi connectivity index (χ2v) is 5.62. The van der Waals surface area contributed by atoms with Gasteiger partial charge in [-0.2, -0.15) is 4.98 Å². The molecule has 1 aromatic carbocycles. The van der Waals surface area contributed by atoms with E-state index in [0.29, 0.717) is 33.7 Å². The van der Waals surface area contributed by atoms with Crippen molar-refractivity contribution in [3.05, 3.63) is 45.5 Å². The number of hydrogen-bond acceptors (Lipinski definition) is 5. The Kier molecular flexibility index (Phi) is 5.39. The third-order valence-electron chi connectivity index (χ3n) is 3.03. The number of aryl methyl sites for hydroxylation is 1. The van der Waals surface area contributed by atoms with Gasteiger partial charge in [0.15, 0.2) is 11.9 Å². The molecule has 0 radical (unpaired) electrons. The Morgan fingerprint density at radius 3 is 2.50 bits per heavy atom. The van der Waals surface area contributed by atoms with E-state index in [1.165, 1.54) is 18.2 Å². The van der Waals surface area contributed by atoms with Crippen LogP contribution in [0.5, 0.6) is 0 Å². The molecule has 0 saturated carbocycles. The van der Waals surface area contributed by atoms with Crippen LogP contribution in [0.15, 0.2) is 22.7 Å². The zero-order valence-corrected chi connectivity index (χ0v) is 13.5. The lowest BCUT2D eigenvalue weighted by Gasteiger charge is -2.17. The molecule has 0 saturated heterocycles. The summed E-state index contributed by atoms with van der Waals surface area (Å²) in [7, 11) is 0. The third-order valence-corrected chi connectivity index (χ3v) is 3.47. The van der Waals surface area contributed by atoms with Gasteiger partial charge in [0.05, 0.1) is 6.04 Å². The summed E-state index contributed by atoms with van der Waals surface area (Å²) in [5.41, 5.74) is 0.314. The molecule has 0 aliphatic heterocycles. The first-order chi connectivity index (χ1) is 10.4. The first-order valence-corrected chi connectivity index (χ1v) is 7.41. The fourth-order valence-electron chi connectivity index (χ4n) is 1.94. The number of rotatable bonds is 5. The predicted octanol–water partition coefficient (Wildman–Crippen LogP) is 2.99. The molecule has 1 amide bonds. The summed E-state index contributed by atoms with van der Waals surface area (Å²) in [6, 6.07) is 4.04. The highest BCUT2D eigenvalue weighted by atomic mass is 35.5. The molecule has 22 heavy (non-hydrogen) atoms. The topological polar surface area (TPSA) is 88.2 Å². The standard InChI is InChI=1S/C14H15Cl2N3O3/c1-3-11(13-17-7(2)22-19-13)18-14(21)12(20)8-4-9(15)6-10(16)5-8/h4-6,11-12,20H,3H2,1-2H3,(H,18,21). The van der Waals surface area contributed by atoms with Gasteiger partial charge < -0.3 is 14.9 Å². The number of benzene rings is 1. The van der Waals surface area contributed by atoms with Crippen molar-refractivity contribution >= 4 is 29.1 Å². The van der Waals surface area contributed by atoms with Gasteiger partial charge in [-0.1, -0.05) is 35.3 Å². The fraction of sp³-hybridized carbons (Fsp3) is 0.357. The van der Waals surface area contributed by atoms with E-state index in [9.17, 15) is 9.90 Å². The minimum atomic E-state index is -1.39. The Hall–Kier alpha value is -1.63. The molecule has 2 aromatic rings. The average molecular weight is 344 g/mol.